The van der Waals surface area contributed by atoms with Crippen LogP contribution in [0.1, 0.15) is 33.3 Å². The van der Waals surface area contributed by atoms with E-state index < -0.39 is 0 Å². The molecule has 0 saturated carbocycles. The van der Waals surface area contributed by atoms with Gasteiger partial charge in [0.1, 0.15) is 6.10 Å². The molecule has 3 heteroatoms. The number of hydrogen-bond acceptors (Lipinski definition) is 2. The van der Waals surface area contributed by atoms with Crippen LogP contribution in [0.15, 0.2) is 58.9 Å². The van der Waals surface area contributed by atoms with Crippen molar-refractivity contribution in [3.63, 3.8) is 0 Å². The van der Waals surface area contributed by atoms with Gasteiger partial charge in [0.2, 0.25) is 0 Å². The van der Waals surface area contributed by atoms with E-state index in [0.717, 1.165) is 22.3 Å². The lowest BCUT2D eigenvalue weighted by Crippen LogP contribution is -2.25. The molecule has 1 aromatic rings. The molecule has 1 unspecified atom stereocenters. The lowest BCUT2D eigenvalue weighted by atomic mass is 10.0. The van der Waals surface area contributed by atoms with Crippen LogP contribution in [0.5, 0.6) is 0 Å². The van der Waals surface area contributed by atoms with Gasteiger partial charge in [-0.2, -0.15) is 0 Å². The van der Waals surface area contributed by atoms with E-state index in [-0.39, 0.29) is 12.2 Å². The molecule has 116 valence electrons. The van der Waals surface area contributed by atoms with Crippen molar-refractivity contribution in [1.82, 2.24) is 4.90 Å². The molecule has 0 N–H and O–H groups in total. The predicted octanol–water partition coefficient (Wildman–Crippen LogP) is 4.47. The van der Waals surface area contributed by atoms with Gasteiger partial charge in [0, 0.05) is 12.1 Å². The van der Waals surface area contributed by atoms with Gasteiger partial charge in [-0.05, 0) is 44.4 Å². The van der Waals surface area contributed by atoms with E-state index >= 15 is 0 Å². The lowest BCUT2D eigenvalue weighted by Gasteiger charge is -2.14. The summed E-state index contributed by atoms with van der Waals surface area (Å²) in [6.07, 6.45) is 1.54. The zero-order valence-corrected chi connectivity index (χ0v) is 13.7. The van der Waals surface area contributed by atoms with Gasteiger partial charge in [-0.15, -0.1) is 5.73 Å². The lowest BCUT2D eigenvalue weighted by molar-refractivity contribution is 0.142. The molecule has 1 aromatic carbocycles. The van der Waals surface area contributed by atoms with Gasteiger partial charge in [-0.25, -0.2) is 4.79 Å². The molecule has 0 spiro atoms. The summed E-state index contributed by atoms with van der Waals surface area (Å²) in [7, 11) is 0. The number of hydrogen-bond donors (Lipinski definition) is 0. The molecule has 22 heavy (non-hydrogen) atoms. The predicted molar refractivity (Wildman–Crippen MR) is 88.4 cm³/mol. The highest BCUT2D eigenvalue weighted by Gasteiger charge is 2.33. The molecular weight excluding hydrogens is 274 g/mol. The second kappa shape index (κ2) is 7.15. The number of allylic oxidation sites excluding steroid dienone is 1. The Morgan fingerprint density at radius 2 is 2.00 bits per heavy atom. The molecule has 1 aliphatic heterocycles. The van der Waals surface area contributed by atoms with Crippen LogP contribution in [0, 0.1) is 0 Å². The van der Waals surface area contributed by atoms with E-state index in [4.69, 9.17) is 4.74 Å². The first-order valence-electron chi connectivity index (χ1n) is 7.58. The van der Waals surface area contributed by atoms with Crippen LogP contribution in [0.4, 0.5) is 4.79 Å². The average Bonchev–Trinajstić information content (AvgIpc) is 2.81. The third-order valence-electron chi connectivity index (χ3n) is 3.63. The van der Waals surface area contributed by atoms with E-state index in [2.05, 4.69) is 5.73 Å². The van der Waals surface area contributed by atoms with Crippen LogP contribution in [-0.2, 0) is 11.3 Å². The fourth-order valence-corrected chi connectivity index (χ4v) is 2.69. The number of cyclic esters (lactones) is 1. The van der Waals surface area contributed by atoms with Crippen LogP contribution in [0.25, 0.3) is 0 Å². The van der Waals surface area contributed by atoms with E-state index in [1.54, 1.807) is 4.90 Å². The van der Waals surface area contributed by atoms with Crippen LogP contribution in [0.2, 0.25) is 0 Å². The minimum Gasteiger partial charge on any atom is -0.439 e. The number of ether oxygens (including phenoxy) is 1. The first-order valence-corrected chi connectivity index (χ1v) is 7.58. The maximum absolute atomic E-state index is 12.1. The average molecular weight is 297 g/mol. The molecule has 0 bridgehead atoms. The van der Waals surface area contributed by atoms with Gasteiger partial charge < -0.3 is 4.74 Å². The minimum atomic E-state index is -0.252. The molecule has 1 heterocycles. The summed E-state index contributed by atoms with van der Waals surface area (Å²) in [5.41, 5.74) is 7.59. The van der Waals surface area contributed by atoms with Gasteiger partial charge in [-0.3, -0.25) is 4.90 Å². The molecule has 2 rings (SSSR count). The van der Waals surface area contributed by atoms with E-state index in [0.29, 0.717) is 13.1 Å². The Labute approximate surface area is 132 Å². The van der Waals surface area contributed by atoms with Crippen molar-refractivity contribution in [2.45, 2.75) is 40.3 Å². The van der Waals surface area contributed by atoms with Gasteiger partial charge in [0.25, 0.3) is 0 Å². The van der Waals surface area contributed by atoms with Crippen molar-refractivity contribution in [2.75, 3.05) is 6.54 Å². The Kier molecular flexibility index (Phi) is 5.24. The number of nitrogens with zero attached hydrogens (tertiary/aromatic N) is 1. The van der Waals surface area contributed by atoms with Gasteiger partial charge in [0.05, 0.1) is 6.54 Å². The molecule has 1 saturated heterocycles. The monoisotopic (exact) mass is 297 g/mol. The normalized spacial score (nSPS) is 18.0. The van der Waals surface area contributed by atoms with Gasteiger partial charge in [-0.1, -0.05) is 36.4 Å². The highest BCUT2D eigenvalue weighted by Crippen LogP contribution is 2.24. The Morgan fingerprint density at radius 3 is 2.59 bits per heavy atom. The SMILES string of the molecule is C/C=C(/C(C)=C=C(C)C)C1CN(Cc2ccccc2)C(=O)O1. The van der Waals surface area contributed by atoms with Crippen molar-refractivity contribution >= 4 is 6.09 Å². The standard InChI is InChI=1S/C19H23NO2/c1-5-17(15(4)11-14(2)3)18-13-20(19(21)22-18)12-16-9-7-6-8-10-16/h5-10,18H,12-13H2,1-4H3/b17-5-. The molecule has 0 aromatic heterocycles. The van der Waals surface area contributed by atoms with Crippen molar-refractivity contribution in [3.8, 4) is 0 Å². The van der Waals surface area contributed by atoms with Crippen molar-refractivity contribution in [2.24, 2.45) is 0 Å². The molecule has 1 aliphatic rings. The molecule has 1 atom stereocenters. The molecule has 0 aliphatic carbocycles. The fourth-order valence-electron chi connectivity index (χ4n) is 2.69. The summed E-state index contributed by atoms with van der Waals surface area (Å²) in [4.78, 5) is 13.8. The molecule has 1 amide bonds. The summed E-state index contributed by atoms with van der Waals surface area (Å²) >= 11 is 0. The Balaban J connectivity index is 2.13. The summed E-state index contributed by atoms with van der Waals surface area (Å²) in [5, 5.41) is 0. The summed E-state index contributed by atoms with van der Waals surface area (Å²) < 4.78 is 5.55. The van der Waals surface area contributed by atoms with Crippen LogP contribution < -0.4 is 0 Å². The number of benzene rings is 1. The third kappa shape index (κ3) is 3.90. The first-order chi connectivity index (χ1) is 10.5. The van der Waals surface area contributed by atoms with Crippen LogP contribution in [-0.4, -0.2) is 23.6 Å². The summed E-state index contributed by atoms with van der Waals surface area (Å²) in [5.74, 6) is 0. The maximum atomic E-state index is 12.1. The highest BCUT2D eigenvalue weighted by atomic mass is 16.6. The zero-order chi connectivity index (χ0) is 16.1. The summed E-state index contributed by atoms with van der Waals surface area (Å²) in [6, 6.07) is 9.97. The van der Waals surface area contributed by atoms with Crippen molar-refractivity contribution < 1.29 is 9.53 Å². The van der Waals surface area contributed by atoms with Gasteiger partial charge >= 0.3 is 6.09 Å². The summed E-state index contributed by atoms with van der Waals surface area (Å²) in [6.45, 7) is 9.17. The Hall–Kier alpha value is -2.25. The van der Waals surface area contributed by atoms with E-state index in [1.165, 1.54) is 0 Å². The quantitative estimate of drug-likeness (QED) is 0.606. The number of rotatable bonds is 4. The first kappa shape index (κ1) is 16.1. The van der Waals surface area contributed by atoms with Gasteiger partial charge in [0.15, 0.2) is 0 Å². The van der Waals surface area contributed by atoms with Crippen molar-refractivity contribution in [3.05, 3.63) is 64.4 Å². The number of amides is 1. The zero-order valence-electron chi connectivity index (χ0n) is 13.7. The van der Waals surface area contributed by atoms with Crippen LogP contribution in [0.3, 0.4) is 0 Å². The smallest absolute Gasteiger partial charge is 0.410 e. The van der Waals surface area contributed by atoms with E-state index in [9.17, 15) is 4.79 Å². The molecule has 1 fully saturated rings. The minimum absolute atomic E-state index is 0.215. The molecular formula is C19H23NO2. The highest BCUT2D eigenvalue weighted by molar-refractivity contribution is 5.71. The number of carbonyl (C=O) groups excluding carboxylic acids is 1. The second-order valence-electron chi connectivity index (χ2n) is 5.73. The Morgan fingerprint density at radius 1 is 1.32 bits per heavy atom. The number of carbonyl (C=O) groups is 1. The largest absolute Gasteiger partial charge is 0.439 e. The molecule has 3 nitrogen and oxygen atoms in total. The fraction of sp³-hybridized carbons (Fsp3) is 0.368. The Bertz CT molecular complexity index is 633. The van der Waals surface area contributed by atoms with Crippen molar-refractivity contribution in [1.29, 1.82) is 0 Å². The van der Waals surface area contributed by atoms with Crippen LogP contribution >= 0.6 is 0 Å². The second-order valence-corrected chi connectivity index (χ2v) is 5.73. The molecule has 0 radical (unpaired) electrons. The topological polar surface area (TPSA) is 29.5 Å². The van der Waals surface area contributed by atoms with E-state index in [1.807, 2.05) is 64.1 Å². The maximum Gasteiger partial charge on any atom is 0.410 e. The third-order valence-corrected chi connectivity index (χ3v) is 3.63.